The normalized spacial score (nSPS) is 10.3. The average molecular weight is 387 g/mol. The van der Waals surface area contributed by atoms with Crippen molar-refractivity contribution in [2.24, 2.45) is 0 Å². The molecule has 2 rings (SSSR count). The Balaban J connectivity index is 2.07. The second-order valence-corrected chi connectivity index (χ2v) is 6.31. The molecule has 0 fully saturated rings. The first-order chi connectivity index (χ1) is 13.6. The van der Waals surface area contributed by atoms with Crippen LogP contribution in [0.1, 0.15) is 43.0 Å². The van der Waals surface area contributed by atoms with Gasteiger partial charge >= 0.3 is 0 Å². The van der Waals surface area contributed by atoms with Gasteiger partial charge in [-0.15, -0.1) is 0 Å². The smallest absolute Gasteiger partial charge is 0.255 e. The molecule has 1 N–H and O–H groups in total. The maximum Gasteiger partial charge on any atom is 0.255 e. The monoisotopic (exact) mass is 387 g/mol. The summed E-state index contributed by atoms with van der Waals surface area (Å²) in [6.07, 6.45) is 4.60. The van der Waals surface area contributed by atoms with Crippen molar-refractivity contribution in [1.82, 2.24) is 0 Å². The molecule has 0 unspecified atom stereocenters. The van der Waals surface area contributed by atoms with E-state index < -0.39 is 0 Å². The Kier molecular flexibility index (Phi) is 8.46. The number of amides is 1. The third kappa shape index (κ3) is 5.81. The molecule has 2 aromatic carbocycles. The summed E-state index contributed by atoms with van der Waals surface area (Å²) in [5, 5.41) is 2.88. The predicted molar refractivity (Wildman–Crippen MR) is 110 cm³/mol. The Bertz CT molecular complexity index is 750. The van der Waals surface area contributed by atoms with Crippen LogP contribution >= 0.6 is 0 Å². The van der Waals surface area contributed by atoms with E-state index in [1.807, 2.05) is 24.3 Å². The molecular weight excluding hydrogens is 358 g/mol. The van der Waals surface area contributed by atoms with Gasteiger partial charge < -0.3 is 24.3 Å². The molecule has 1 amide bonds. The molecule has 0 aliphatic carbocycles. The molecule has 0 aromatic heterocycles. The van der Waals surface area contributed by atoms with Crippen LogP contribution in [-0.4, -0.2) is 33.8 Å². The van der Waals surface area contributed by atoms with Gasteiger partial charge in [-0.05, 0) is 30.7 Å². The first kappa shape index (κ1) is 21.4. The van der Waals surface area contributed by atoms with E-state index >= 15 is 0 Å². The van der Waals surface area contributed by atoms with Gasteiger partial charge in [0.05, 0.1) is 27.9 Å². The van der Waals surface area contributed by atoms with E-state index in [0.29, 0.717) is 35.1 Å². The van der Waals surface area contributed by atoms with E-state index in [9.17, 15) is 4.79 Å². The van der Waals surface area contributed by atoms with Gasteiger partial charge in [-0.2, -0.15) is 0 Å². The van der Waals surface area contributed by atoms with Gasteiger partial charge in [0.25, 0.3) is 5.91 Å². The molecule has 0 heterocycles. The maximum absolute atomic E-state index is 12.7. The zero-order valence-corrected chi connectivity index (χ0v) is 17.0. The van der Waals surface area contributed by atoms with Gasteiger partial charge in [-0.3, -0.25) is 4.79 Å². The van der Waals surface area contributed by atoms with Gasteiger partial charge in [-0.25, -0.2) is 0 Å². The predicted octanol–water partition coefficient (Wildman–Crippen LogP) is 4.92. The quantitative estimate of drug-likeness (QED) is 0.554. The third-order valence-corrected chi connectivity index (χ3v) is 4.29. The van der Waals surface area contributed by atoms with Crippen LogP contribution in [0, 0.1) is 0 Å². The van der Waals surface area contributed by atoms with E-state index in [1.165, 1.54) is 34.2 Å². The molecule has 0 spiro atoms. The number of rotatable bonds is 11. The van der Waals surface area contributed by atoms with Gasteiger partial charge in [0.1, 0.15) is 5.75 Å². The third-order valence-electron chi connectivity index (χ3n) is 4.29. The number of carbonyl (C=O) groups is 1. The number of methoxy groups -OCH3 is 3. The molecule has 152 valence electrons. The van der Waals surface area contributed by atoms with Crippen molar-refractivity contribution in [1.29, 1.82) is 0 Å². The van der Waals surface area contributed by atoms with Crippen LogP contribution in [-0.2, 0) is 0 Å². The second kappa shape index (κ2) is 11.1. The van der Waals surface area contributed by atoms with E-state index in [1.54, 1.807) is 12.1 Å². The van der Waals surface area contributed by atoms with Gasteiger partial charge in [0, 0.05) is 17.3 Å². The molecule has 28 heavy (non-hydrogen) atoms. The number of ether oxygens (including phenoxy) is 4. The Labute approximate surface area is 166 Å². The number of carbonyl (C=O) groups excluding carboxylic acids is 1. The fourth-order valence-electron chi connectivity index (χ4n) is 2.80. The minimum absolute atomic E-state index is 0.278. The molecule has 0 bridgehead atoms. The van der Waals surface area contributed by atoms with Gasteiger partial charge in [-0.1, -0.05) is 32.3 Å². The molecule has 6 nitrogen and oxygen atoms in total. The highest BCUT2D eigenvalue weighted by molar-refractivity contribution is 6.05. The summed E-state index contributed by atoms with van der Waals surface area (Å²) < 4.78 is 21.7. The average Bonchev–Trinajstić information content (AvgIpc) is 2.72. The largest absolute Gasteiger partial charge is 0.494 e. The molecule has 0 atom stereocenters. The van der Waals surface area contributed by atoms with Crippen molar-refractivity contribution in [3.8, 4) is 23.0 Å². The summed E-state index contributed by atoms with van der Waals surface area (Å²) in [5.74, 6) is 1.76. The van der Waals surface area contributed by atoms with Crippen LogP contribution < -0.4 is 24.3 Å². The van der Waals surface area contributed by atoms with E-state index in [2.05, 4.69) is 12.2 Å². The molecule has 2 aromatic rings. The van der Waals surface area contributed by atoms with Gasteiger partial charge in [0.2, 0.25) is 5.75 Å². The van der Waals surface area contributed by atoms with Crippen LogP contribution in [0.15, 0.2) is 36.4 Å². The number of unbranched alkanes of at least 4 members (excludes halogenated alkanes) is 3. The van der Waals surface area contributed by atoms with Crippen molar-refractivity contribution < 1.29 is 23.7 Å². The first-order valence-corrected chi connectivity index (χ1v) is 9.47. The van der Waals surface area contributed by atoms with Gasteiger partial charge in [0.15, 0.2) is 11.5 Å². The lowest BCUT2D eigenvalue weighted by Crippen LogP contribution is -2.12. The summed E-state index contributed by atoms with van der Waals surface area (Å²) in [6, 6.07) is 10.6. The fraction of sp³-hybridized carbons (Fsp3) is 0.409. The van der Waals surface area contributed by atoms with E-state index in [0.717, 1.165) is 18.6 Å². The van der Waals surface area contributed by atoms with Crippen LogP contribution in [0.2, 0.25) is 0 Å². The highest BCUT2D eigenvalue weighted by Gasteiger charge is 2.17. The van der Waals surface area contributed by atoms with Crippen molar-refractivity contribution in [2.45, 2.75) is 32.6 Å². The second-order valence-electron chi connectivity index (χ2n) is 6.31. The molecule has 6 heteroatoms. The Morgan fingerprint density at radius 1 is 0.929 bits per heavy atom. The van der Waals surface area contributed by atoms with Crippen LogP contribution in [0.3, 0.4) is 0 Å². The molecule has 0 radical (unpaired) electrons. The van der Waals surface area contributed by atoms with Crippen molar-refractivity contribution in [3.05, 3.63) is 42.0 Å². The Morgan fingerprint density at radius 2 is 1.64 bits per heavy atom. The lowest BCUT2D eigenvalue weighted by molar-refractivity contribution is 0.102. The summed E-state index contributed by atoms with van der Waals surface area (Å²) in [4.78, 5) is 12.7. The van der Waals surface area contributed by atoms with E-state index in [-0.39, 0.29) is 5.91 Å². The number of benzene rings is 2. The molecule has 0 saturated heterocycles. The number of nitrogens with one attached hydrogen (secondary N) is 1. The standard InChI is InChI=1S/C22H29NO5/c1-5-6-7-8-12-28-18-11-9-10-17(15-18)23-22(24)16-13-19(25-2)21(27-4)20(14-16)26-3/h9-11,13-15H,5-8,12H2,1-4H3,(H,23,24). The zero-order chi connectivity index (χ0) is 20.4. The highest BCUT2D eigenvalue weighted by atomic mass is 16.5. The Morgan fingerprint density at radius 3 is 2.25 bits per heavy atom. The van der Waals surface area contributed by atoms with Crippen LogP contribution in [0.25, 0.3) is 0 Å². The molecule has 0 aliphatic heterocycles. The Hall–Kier alpha value is -2.89. The highest BCUT2D eigenvalue weighted by Crippen LogP contribution is 2.38. The first-order valence-electron chi connectivity index (χ1n) is 9.47. The minimum atomic E-state index is -0.278. The summed E-state index contributed by atoms with van der Waals surface area (Å²) in [5.41, 5.74) is 1.06. The maximum atomic E-state index is 12.7. The lowest BCUT2D eigenvalue weighted by Gasteiger charge is -2.14. The number of hydrogen-bond donors (Lipinski definition) is 1. The molecular formula is C22H29NO5. The topological polar surface area (TPSA) is 66.0 Å². The fourth-order valence-corrected chi connectivity index (χ4v) is 2.80. The number of hydrogen-bond acceptors (Lipinski definition) is 5. The van der Waals surface area contributed by atoms with Crippen molar-refractivity contribution >= 4 is 11.6 Å². The van der Waals surface area contributed by atoms with E-state index in [4.69, 9.17) is 18.9 Å². The number of anilines is 1. The van der Waals surface area contributed by atoms with Crippen molar-refractivity contribution in [3.63, 3.8) is 0 Å². The lowest BCUT2D eigenvalue weighted by atomic mass is 10.1. The molecule has 0 saturated carbocycles. The zero-order valence-electron chi connectivity index (χ0n) is 17.0. The summed E-state index contributed by atoms with van der Waals surface area (Å²) >= 11 is 0. The minimum Gasteiger partial charge on any atom is -0.494 e. The van der Waals surface area contributed by atoms with Crippen LogP contribution in [0.4, 0.5) is 5.69 Å². The van der Waals surface area contributed by atoms with Crippen molar-refractivity contribution in [2.75, 3.05) is 33.3 Å². The molecule has 0 aliphatic rings. The van der Waals surface area contributed by atoms with Crippen LogP contribution in [0.5, 0.6) is 23.0 Å². The summed E-state index contributed by atoms with van der Waals surface area (Å²) in [7, 11) is 4.55. The SMILES string of the molecule is CCCCCCOc1cccc(NC(=O)c2cc(OC)c(OC)c(OC)c2)c1. The summed E-state index contributed by atoms with van der Waals surface area (Å²) in [6.45, 7) is 2.85.